The lowest BCUT2D eigenvalue weighted by Crippen LogP contribution is -2.28. The van der Waals surface area contributed by atoms with E-state index in [1.165, 1.54) is 66.8 Å². The lowest BCUT2D eigenvalue weighted by atomic mass is 9.67. The standard InChI is InChI=1S/C70H42N4/c71-43-45-41-63(73-59-35-19-15-31-53(59)67-61(73)39-37-57-65(67)51-29-13-17-33-55(51)69(57,47-21-5-1-6-22-47)48-23-7-2-8-24-48)64(42-46(45)44-72)74-60-36-20-16-32-54(60)68-62(74)40-38-58-66(68)52-30-14-18-34-56(52)70(58,49-25-9-3-10-26-49)50-27-11-4-12-28-50/h1-42H. The minimum absolute atomic E-state index is 0.321. The lowest BCUT2D eigenvalue weighted by molar-refractivity contribution is 0.769. The molecule has 0 radical (unpaired) electrons. The average molecular weight is 939 g/mol. The van der Waals surface area contributed by atoms with Crippen molar-refractivity contribution in [1.29, 1.82) is 10.5 Å². The molecule has 0 amide bonds. The fourth-order valence-corrected chi connectivity index (χ4v) is 13.6. The van der Waals surface area contributed by atoms with Crippen molar-refractivity contribution in [2.45, 2.75) is 10.8 Å². The molecule has 342 valence electrons. The maximum atomic E-state index is 10.9. The van der Waals surface area contributed by atoms with Crippen LogP contribution in [0.15, 0.2) is 255 Å². The molecule has 0 N–H and O–H groups in total. The summed E-state index contributed by atoms with van der Waals surface area (Å²) in [5.74, 6) is 0. The van der Waals surface area contributed by atoms with Crippen molar-refractivity contribution in [2.24, 2.45) is 0 Å². The molecule has 2 aromatic heterocycles. The Morgan fingerprint density at radius 2 is 0.622 bits per heavy atom. The van der Waals surface area contributed by atoms with Crippen molar-refractivity contribution in [1.82, 2.24) is 9.13 Å². The molecule has 2 aliphatic rings. The summed E-state index contributed by atoms with van der Waals surface area (Å²) in [5, 5.41) is 26.3. The van der Waals surface area contributed by atoms with Crippen LogP contribution in [0, 0.1) is 22.7 Å². The molecule has 4 nitrogen and oxygen atoms in total. The maximum Gasteiger partial charge on any atom is 0.101 e. The van der Waals surface area contributed by atoms with Gasteiger partial charge in [-0.1, -0.05) is 218 Å². The number of nitriles is 2. The number of hydrogen-bond acceptors (Lipinski definition) is 2. The Bertz CT molecular complexity index is 4180. The number of para-hydroxylation sites is 2. The second-order valence-corrected chi connectivity index (χ2v) is 19.6. The third kappa shape index (κ3) is 5.33. The molecule has 2 aliphatic carbocycles. The van der Waals surface area contributed by atoms with E-state index >= 15 is 0 Å². The quantitative estimate of drug-likeness (QED) is 0.167. The lowest BCUT2D eigenvalue weighted by Gasteiger charge is -2.33. The zero-order valence-electron chi connectivity index (χ0n) is 40.0. The highest BCUT2D eigenvalue weighted by atomic mass is 15.1. The van der Waals surface area contributed by atoms with Crippen molar-refractivity contribution >= 4 is 43.6 Å². The molecule has 2 heterocycles. The molecule has 15 rings (SSSR count). The third-order valence-electron chi connectivity index (χ3n) is 16.4. The van der Waals surface area contributed by atoms with Crippen LogP contribution in [0.25, 0.3) is 77.2 Å². The van der Waals surface area contributed by atoms with Crippen LogP contribution < -0.4 is 0 Å². The molecular weight excluding hydrogens is 897 g/mol. The van der Waals surface area contributed by atoms with Gasteiger partial charge in [0.25, 0.3) is 0 Å². The van der Waals surface area contributed by atoms with Gasteiger partial charge in [0, 0.05) is 21.5 Å². The van der Waals surface area contributed by atoms with E-state index in [1.807, 2.05) is 12.1 Å². The molecule has 0 unspecified atom stereocenters. The van der Waals surface area contributed by atoms with Crippen molar-refractivity contribution in [3.8, 4) is 45.8 Å². The van der Waals surface area contributed by atoms with Gasteiger partial charge in [0.15, 0.2) is 0 Å². The van der Waals surface area contributed by atoms with Gasteiger partial charge in [-0.25, -0.2) is 0 Å². The van der Waals surface area contributed by atoms with Crippen LogP contribution in [-0.4, -0.2) is 9.13 Å². The van der Waals surface area contributed by atoms with Crippen LogP contribution in [0.2, 0.25) is 0 Å². The Morgan fingerprint density at radius 1 is 0.297 bits per heavy atom. The summed E-state index contributed by atoms with van der Waals surface area (Å²) in [6.45, 7) is 0. The number of rotatable bonds is 6. The topological polar surface area (TPSA) is 57.4 Å². The van der Waals surface area contributed by atoms with Crippen molar-refractivity contribution < 1.29 is 0 Å². The monoisotopic (exact) mass is 938 g/mol. The number of fused-ring (bicyclic) bond motifs is 14. The largest absolute Gasteiger partial charge is 0.307 e. The van der Waals surface area contributed by atoms with Crippen molar-refractivity contribution in [2.75, 3.05) is 0 Å². The van der Waals surface area contributed by atoms with Crippen LogP contribution in [0.1, 0.15) is 55.6 Å². The fraction of sp³-hybridized carbons (Fsp3) is 0.0286. The highest BCUT2D eigenvalue weighted by Gasteiger charge is 2.49. The van der Waals surface area contributed by atoms with Gasteiger partial charge in [-0.15, -0.1) is 0 Å². The first kappa shape index (κ1) is 41.8. The first-order valence-electron chi connectivity index (χ1n) is 25.2. The van der Waals surface area contributed by atoms with Gasteiger partial charge in [0.05, 0.1) is 55.4 Å². The summed E-state index contributed by atoms with van der Waals surface area (Å²) in [6.07, 6.45) is 0. The second kappa shape index (κ2) is 15.8. The van der Waals surface area contributed by atoms with Crippen LogP contribution >= 0.6 is 0 Å². The molecule has 74 heavy (non-hydrogen) atoms. The molecule has 0 bridgehead atoms. The molecule has 4 heteroatoms. The highest BCUT2D eigenvalue weighted by molar-refractivity contribution is 6.20. The fourth-order valence-electron chi connectivity index (χ4n) is 13.6. The summed E-state index contributed by atoms with van der Waals surface area (Å²) in [6, 6.07) is 96.9. The normalized spacial score (nSPS) is 13.6. The number of nitrogens with zero attached hydrogens (tertiary/aromatic N) is 4. The Labute approximate surface area is 428 Å². The summed E-state index contributed by atoms with van der Waals surface area (Å²) in [4.78, 5) is 0. The predicted octanol–water partition coefficient (Wildman–Crippen LogP) is 16.4. The van der Waals surface area contributed by atoms with E-state index in [0.29, 0.717) is 11.1 Å². The van der Waals surface area contributed by atoms with Crippen molar-refractivity contribution in [3.63, 3.8) is 0 Å². The molecule has 11 aromatic carbocycles. The summed E-state index contributed by atoms with van der Waals surface area (Å²) in [7, 11) is 0. The van der Waals surface area contributed by atoms with Gasteiger partial charge in [-0.05, 0) is 103 Å². The van der Waals surface area contributed by atoms with Crippen LogP contribution in [0.5, 0.6) is 0 Å². The molecule has 0 atom stereocenters. The Hall–Kier alpha value is -10.0. The van der Waals surface area contributed by atoms with E-state index in [2.05, 4.69) is 264 Å². The van der Waals surface area contributed by atoms with E-state index in [0.717, 1.165) is 55.0 Å². The van der Waals surface area contributed by atoms with Gasteiger partial charge in [0.2, 0.25) is 0 Å². The SMILES string of the molecule is N#Cc1cc(-n2c3ccccc3c3c4c(ccc32)C(c2ccccc2)(c2ccccc2)c2ccccc2-4)c(-n2c3ccccc3c3c4c(ccc32)C(c2ccccc2)(c2ccccc2)c2ccccc2-4)cc1C#N. The van der Waals surface area contributed by atoms with E-state index in [-0.39, 0.29) is 0 Å². The third-order valence-corrected chi connectivity index (χ3v) is 16.4. The van der Waals surface area contributed by atoms with Gasteiger partial charge in [-0.3, -0.25) is 0 Å². The van der Waals surface area contributed by atoms with Gasteiger partial charge in [0.1, 0.15) is 12.1 Å². The molecule has 0 aliphatic heterocycles. The number of hydrogen-bond donors (Lipinski definition) is 0. The van der Waals surface area contributed by atoms with E-state index in [9.17, 15) is 10.5 Å². The zero-order chi connectivity index (χ0) is 49.1. The average Bonchev–Trinajstić information content (AvgIpc) is 4.19. The highest BCUT2D eigenvalue weighted by Crippen LogP contribution is 2.61. The Morgan fingerprint density at radius 3 is 0.986 bits per heavy atom. The molecule has 13 aromatic rings. The van der Waals surface area contributed by atoms with E-state index in [4.69, 9.17) is 0 Å². The Kier molecular flexibility index (Phi) is 8.89. The summed E-state index contributed by atoms with van der Waals surface area (Å²) in [5.41, 5.74) is 19.7. The molecular formula is C70H42N4. The first-order valence-corrected chi connectivity index (χ1v) is 25.2. The van der Waals surface area contributed by atoms with Gasteiger partial charge in [-0.2, -0.15) is 10.5 Å². The smallest absolute Gasteiger partial charge is 0.101 e. The van der Waals surface area contributed by atoms with Crippen LogP contribution in [0.3, 0.4) is 0 Å². The minimum atomic E-state index is -0.583. The Balaban J connectivity index is 1.07. The van der Waals surface area contributed by atoms with Crippen LogP contribution in [-0.2, 0) is 10.8 Å². The number of aromatic nitrogens is 2. The maximum absolute atomic E-state index is 10.9. The van der Waals surface area contributed by atoms with Crippen LogP contribution in [0.4, 0.5) is 0 Å². The first-order chi connectivity index (χ1) is 36.7. The zero-order valence-corrected chi connectivity index (χ0v) is 40.0. The van der Waals surface area contributed by atoms with Gasteiger partial charge < -0.3 is 9.13 Å². The summed E-state index contributed by atoms with van der Waals surface area (Å²) >= 11 is 0. The summed E-state index contributed by atoms with van der Waals surface area (Å²) < 4.78 is 4.68. The predicted molar refractivity (Wildman–Crippen MR) is 299 cm³/mol. The second-order valence-electron chi connectivity index (χ2n) is 19.6. The molecule has 0 saturated carbocycles. The van der Waals surface area contributed by atoms with Crippen molar-refractivity contribution in [3.05, 3.63) is 310 Å². The van der Waals surface area contributed by atoms with E-state index in [1.54, 1.807) is 0 Å². The molecule has 0 fully saturated rings. The number of benzene rings is 11. The van der Waals surface area contributed by atoms with E-state index < -0.39 is 10.8 Å². The minimum Gasteiger partial charge on any atom is -0.307 e. The van der Waals surface area contributed by atoms with Gasteiger partial charge >= 0.3 is 0 Å². The molecule has 0 saturated heterocycles. The molecule has 0 spiro atoms.